The first-order valence-corrected chi connectivity index (χ1v) is 10.3. The van der Waals surface area contributed by atoms with Gasteiger partial charge in [0, 0.05) is 17.7 Å². The predicted molar refractivity (Wildman–Crippen MR) is 107 cm³/mol. The minimum Gasteiger partial charge on any atom is -0.465 e. The second-order valence-corrected chi connectivity index (χ2v) is 8.14. The molecule has 0 aliphatic heterocycles. The molecule has 0 saturated heterocycles. The molecule has 0 atom stereocenters. The van der Waals surface area contributed by atoms with E-state index in [-0.39, 0.29) is 22.8 Å². The summed E-state index contributed by atoms with van der Waals surface area (Å²) in [5.41, 5.74) is 0.777. The highest BCUT2D eigenvalue weighted by Crippen LogP contribution is 2.16. The highest BCUT2D eigenvalue weighted by atomic mass is 32.2. The van der Waals surface area contributed by atoms with Crippen LogP contribution < -0.4 is 5.32 Å². The van der Waals surface area contributed by atoms with Gasteiger partial charge in [0.15, 0.2) is 0 Å². The van der Waals surface area contributed by atoms with E-state index in [0.29, 0.717) is 0 Å². The Morgan fingerprint density at radius 3 is 2.23 bits per heavy atom. The molecule has 0 radical (unpaired) electrons. The maximum atomic E-state index is 12.9. The number of nitrogens with zero attached hydrogens (tertiary/aromatic N) is 2. The Morgan fingerprint density at radius 2 is 1.70 bits per heavy atom. The van der Waals surface area contributed by atoms with Crippen molar-refractivity contribution in [3.63, 3.8) is 0 Å². The average molecular weight is 435 g/mol. The Labute approximate surface area is 173 Å². The molecule has 0 unspecified atom stereocenters. The fraction of sp³-hybridized carbons (Fsp3) is 0.263. The highest BCUT2D eigenvalue weighted by molar-refractivity contribution is 7.89. The van der Waals surface area contributed by atoms with Crippen molar-refractivity contribution in [3.8, 4) is 0 Å². The van der Waals surface area contributed by atoms with Crippen LogP contribution in [0.2, 0.25) is 0 Å². The number of amides is 1. The number of nitrogens with one attached hydrogen (secondary N) is 1. The van der Waals surface area contributed by atoms with Crippen LogP contribution in [0.1, 0.15) is 22.8 Å². The van der Waals surface area contributed by atoms with Gasteiger partial charge in [-0.3, -0.25) is 19.7 Å². The number of nitro groups is 1. The number of nitro benzene ring substituents is 1. The van der Waals surface area contributed by atoms with Crippen LogP contribution >= 0.6 is 0 Å². The lowest BCUT2D eigenvalue weighted by Gasteiger charge is -2.22. The van der Waals surface area contributed by atoms with Gasteiger partial charge in [0.05, 0.1) is 23.1 Å². The van der Waals surface area contributed by atoms with Crippen LogP contribution in [-0.4, -0.2) is 49.3 Å². The number of non-ortho nitro benzene ring substituents is 1. The monoisotopic (exact) mass is 435 g/mol. The summed E-state index contributed by atoms with van der Waals surface area (Å²) in [7, 11) is -4.10. The number of sulfonamides is 1. The summed E-state index contributed by atoms with van der Waals surface area (Å²) in [4.78, 5) is 34.3. The molecule has 0 aliphatic rings. The minimum absolute atomic E-state index is 0.0398. The van der Waals surface area contributed by atoms with Crippen molar-refractivity contribution in [1.82, 2.24) is 9.62 Å². The molecule has 2 aromatic rings. The fourth-order valence-corrected chi connectivity index (χ4v) is 3.72. The van der Waals surface area contributed by atoms with Gasteiger partial charge < -0.3 is 10.1 Å². The Morgan fingerprint density at radius 1 is 1.10 bits per heavy atom. The van der Waals surface area contributed by atoms with Gasteiger partial charge in [0.25, 0.3) is 11.6 Å². The molecular weight excluding hydrogens is 414 g/mol. The van der Waals surface area contributed by atoms with E-state index in [0.717, 1.165) is 22.0 Å². The summed E-state index contributed by atoms with van der Waals surface area (Å²) >= 11 is 0. The molecule has 0 fully saturated rings. The fourth-order valence-electron chi connectivity index (χ4n) is 2.43. The first-order valence-electron chi connectivity index (χ1n) is 8.90. The summed E-state index contributed by atoms with van der Waals surface area (Å²) in [6.45, 7) is 2.38. The number of carbonyl (C=O) groups is 2. The summed E-state index contributed by atoms with van der Waals surface area (Å²) in [5, 5.41) is 13.1. The van der Waals surface area contributed by atoms with Gasteiger partial charge in [-0.05, 0) is 38.1 Å². The lowest BCUT2D eigenvalue weighted by molar-refractivity contribution is -0.384. The number of benzene rings is 2. The smallest absolute Gasteiger partial charge is 0.321 e. The van der Waals surface area contributed by atoms with Crippen LogP contribution in [0, 0.1) is 17.0 Å². The zero-order valence-corrected chi connectivity index (χ0v) is 17.2. The van der Waals surface area contributed by atoms with E-state index in [1.54, 1.807) is 26.0 Å². The standard InChI is InChI=1S/C19H21N3O7S/c1-3-29-18(23)12-21(30(27,28)17-10-4-14(2)5-11-17)13-20-19(24)15-6-8-16(9-7-15)22(25)26/h4-11H,3,12-13H2,1-2H3,(H,20,24). The van der Waals surface area contributed by atoms with E-state index < -0.39 is 40.0 Å². The molecule has 0 saturated carbocycles. The third-order valence-corrected chi connectivity index (χ3v) is 5.83. The number of rotatable bonds is 9. The second kappa shape index (κ2) is 9.94. The summed E-state index contributed by atoms with van der Waals surface area (Å²) in [6, 6.07) is 10.9. The number of carbonyl (C=O) groups excluding carboxylic acids is 2. The third kappa shape index (κ3) is 5.84. The maximum absolute atomic E-state index is 12.9. The second-order valence-electron chi connectivity index (χ2n) is 6.20. The number of hydrogen-bond donors (Lipinski definition) is 1. The normalized spacial score (nSPS) is 11.2. The minimum atomic E-state index is -4.10. The van der Waals surface area contributed by atoms with E-state index in [1.165, 1.54) is 24.3 Å². The Balaban J connectivity index is 2.20. The molecule has 0 aliphatic carbocycles. The average Bonchev–Trinajstić information content (AvgIpc) is 2.71. The highest BCUT2D eigenvalue weighted by Gasteiger charge is 2.27. The van der Waals surface area contributed by atoms with Crippen molar-refractivity contribution in [2.45, 2.75) is 18.7 Å². The van der Waals surface area contributed by atoms with E-state index >= 15 is 0 Å². The molecule has 2 rings (SSSR count). The zero-order valence-electron chi connectivity index (χ0n) is 16.4. The van der Waals surface area contributed by atoms with Crippen LogP contribution in [-0.2, 0) is 19.6 Å². The first kappa shape index (κ1) is 23.0. The van der Waals surface area contributed by atoms with E-state index in [2.05, 4.69) is 5.32 Å². The molecule has 30 heavy (non-hydrogen) atoms. The first-order chi connectivity index (χ1) is 14.1. The van der Waals surface area contributed by atoms with Crippen molar-refractivity contribution >= 4 is 27.6 Å². The molecule has 2 aromatic carbocycles. The van der Waals surface area contributed by atoms with Crippen molar-refractivity contribution in [2.75, 3.05) is 19.8 Å². The number of ether oxygens (including phenoxy) is 1. The van der Waals surface area contributed by atoms with Crippen LogP contribution in [0.15, 0.2) is 53.4 Å². The van der Waals surface area contributed by atoms with Gasteiger partial charge in [0.2, 0.25) is 10.0 Å². The van der Waals surface area contributed by atoms with Crippen LogP contribution in [0.3, 0.4) is 0 Å². The number of aryl methyl sites for hydroxylation is 1. The molecule has 1 N–H and O–H groups in total. The van der Waals surface area contributed by atoms with Gasteiger partial charge >= 0.3 is 5.97 Å². The molecule has 10 nitrogen and oxygen atoms in total. The lowest BCUT2D eigenvalue weighted by Crippen LogP contribution is -2.44. The van der Waals surface area contributed by atoms with Crippen molar-refractivity contribution in [3.05, 3.63) is 69.8 Å². The molecule has 0 aromatic heterocycles. The SMILES string of the molecule is CCOC(=O)CN(CNC(=O)c1ccc([N+](=O)[O-])cc1)S(=O)(=O)c1ccc(C)cc1. The van der Waals surface area contributed by atoms with Crippen LogP contribution in [0.25, 0.3) is 0 Å². The van der Waals surface area contributed by atoms with E-state index in [4.69, 9.17) is 4.74 Å². The van der Waals surface area contributed by atoms with E-state index in [1.807, 2.05) is 0 Å². The molecule has 0 heterocycles. The molecule has 1 amide bonds. The predicted octanol–water partition coefficient (Wildman–Crippen LogP) is 1.84. The Hall–Kier alpha value is -3.31. The van der Waals surface area contributed by atoms with Crippen molar-refractivity contribution in [1.29, 1.82) is 0 Å². The maximum Gasteiger partial charge on any atom is 0.321 e. The number of hydrogen-bond acceptors (Lipinski definition) is 7. The summed E-state index contributed by atoms with van der Waals surface area (Å²) in [5.74, 6) is -1.42. The zero-order chi connectivity index (χ0) is 22.3. The molecule has 0 spiro atoms. The summed E-state index contributed by atoms with van der Waals surface area (Å²) < 4.78 is 31.5. The molecular formula is C19H21N3O7S. The number of esters is 1. The van der Waals surface area contributed by atoms with Gasteiger partial charge in [-0.25, -0.2) is 8.42 Å². The van der Waals surface area contributed by atoms with Crippen molar-refractivity contribution < 1.29 is 27.7 Å². The van der Waals surface area contributed by atoms with E-state index in [9.17, 15) is 28.1 Å². The third-order valence-electron chi connectivity index (χ3n) is 4.03. The molecule has 160 valence electrons. The van der Waals surface area contributed by atoms with Crippen LogP contribution in [0.5, 0.6) is 0 Å². The Kier molecular flexibility index (Phi) is 7.61. The van der Waals surface area contributed by atoms with Crippen molar-refractivity contribution in [2.24, 2.45) is 0 Å². The van der Waals surface area contributed by atoms with Crippen LogP contribution in [0.4, 0.5) is 5.69 Å². The largest absolute Gasteiger partial charge is 0.465 e. The van der Waals surface area contributed by atoms with Gasteiger partial charge in [0.1, 0.15) is 6.54 Å². The quantitative estimate of drug-likeness (QED) is 0.275. The topological polar surface area (TPSA) is 136 Å². The Bertz CT molecular complexity index is 1020. The molecule has 11 heteroatoms. The summed E-state index contributed by atoms with van der Waals surface area (Å²) in [6.07, 6.45) is 0. The van der Waals surface area contributed by atoms with Gasteiger partial charge in [-0.2, -0.15) is 4.31 Å². The van der Waals surface area contributed by atoms with Gasteiger partial charge in [-0.15, -0.1) is 0 Å². The molecule has 0 bridgehead atoms. The van der Waals surface area contributed by atoms with Gasteiger partial charge in [-0.1, -0.05) is 17.7 Å². The lowest BCUT2D eigenvalue weighted by atomic mass is 10.2.